The lowest BCUT2D eigenvalue weighted by Crippen LogP contribution is -2.36. The van der Waals surface area contributed by atoms with Crippen molar-refractivity contribution in [2.45, 2.75) is 19.4 Å². The summed E-state index contributed by atoms with van der Waals surface area (Å²) in [6.07, 6.45) is 4.24. The first-order valence-corrected chi connectivity index (χ1v) is 9.08. The quantitative estimate of drug-likeness (QED) is 0.656. The summed E-state index contributed by atoms with van der Waals surface area (Å²) >= 11 is 0. The predicted molar refractivity (Wildman–Crippen MR) is 103 cm³/mol. The summed E-state index contributed by atoms with van der Waals surface area (Å²) in [5, 5.41) is 4.49. The van der Waals surface area contributed by atoms with E-state index in [-0.39, 0.29) is 11.7 Å². The molecule has 7 heteroatoms. The van der Waals surface area contributed by atoms with Crippen molar-refractivity contribution in [1.29, 1.82) is 0 Å². The molecule has 0 spiro atoms. The number of aryl methyl sites for hydroxylation is 1. The molecule has 0 saturated heterocycles. The molecule has 1 amide bonds. The standard InChI is InChI=1S/C21H20FN5O/c1-3-20(28)27-10-7-16-18(13-27)23-19(12-14-5-4-6-15(22)11-14)24-21(16)17-8-9-26(2)25-17/h3-6,8-9,11H,1,7,10,12-13H2,2H3. The van der Waals surface area contributed by atoms with Gasteiger partial charge in [0.15, 0.2) is 0 Å². The van der Waals surface area contributed by atoms with Crippen LogP contribution in [-0.2, 0) is 31.2 Å². The first-order chi connectivity index (χ1) is 13.5. The van der Waals surface area contributed by atoms with Crippen molar-refractivity contribution in [3.63, 3.8) is 0 Å². The molecule has 0 atom stereocenters. The first-order valence-electron chi connectivity index (χ1n) is 9.08. The highest BCUT2D eigenvalue weighted by molar-refractivity contribution is 5.87. The van der Waals surface area contributed by atoms with Crippen LogP contribution in [0.2, 0.25) is 0 Å². The average molecular weight is 377 g/mol. The largest absolute Gasteiger partial charge is 0.333 e. The second kappa shape index (κ2) is 7.34. The highest BCUT2D eigenvalue weighted by Crippen LogP contribution is 2.27. The Labute approximate surface area is 162 Å². The third kappa shape index (κ3) is 3.55. The normalized spacial score (nSPS) is 13.3. The Morgan fingerprint density at radius 3 is 2.89 bits per heavy atom. The zero-order valence-electron chi connectivity index (χ0n) is 15.6. The Morgan fingerprint density at radius 1 is 1.32 bits per heavy atom. The molecule has 0 radical (unpaired) electrons. The average Bonchev–Trinajstić information content (AvgIpc) is 3.12. The SMILES string of the molecule is C=CC(=O)N1CCc2c(nc(Cc3cccc(F)c3)nc2-c2ccn(C)n2)C1. The van der Waals surface area contributed by atoms with Crippen molar-refractivity contribution in [3.05, 3.63) is 77.6 Å². The molecular formula is C21H20FN5O. The molecule has 4 rings (SSSR count). The Bertz CT molecular complexity index is 1060. The summed E-state index contributed by atoms with van der Waals surface area (Å²) in [5.41, 5.74) is 4.16. The van der Waals surface area contributed by atoms with Crippen LogP contribution in [0.5, 0.6) is 0 Å². The highest BCUT2D eigenvalue weighted by Gasteiger charge is 2.25. The molecule has 6 nitrogen and oxygen atoms in total. The number of carbonyl (C=O) groups is 1. The fourth-order valence-corrected chi connectivity index (χ4v) is 3.46. The Balaban J connectivity index is 1.77. The molecule has 3 aromatic rings. The molecule has 0 bridgehead atoms. The molecule has 28 heavy (non-hydrogen) atoms. The van der Waals surface area contributed by atoms with E-state index in [0.29, 0.717) is 31.8 Å². The van der Waals surface area contributed by atoms with Crippen LogP contribution in [0.1, 0.15) is 22.6 Å². The monoisotopic (exact) mass is 377 g/mol. The van der Waals surface area contributed by atoms with Crippen LogP contribution in [0.15, 0.2) is 49.2 Å². The third-order valence-corrected chi connectivity index (χ3v) is 4.81. The molecule has 0 saturated carbocycles. The number of rotatable bonds is 4. The van der Waals surface area contributed by atoms with Gasteiger partial charge in [-0.3, -0.25) is 9.48 Å². The summed E-state index contributed by atoms with van der Waals surface area (Å²) in [4.78, 5) is 23.2. The summed E-state index contributed by atoms with van der Waals surface area (Å²) in [5.74, 6) is 0.177. The molecule has 0 aliphatic carbocycles. The Kier molecular flexibility index (Phi) is 4.73. The van der Waals surface area contributed by atoms with Gasteiger partial charge in [0, 0.05) is 31.8 Å². The van der Waals surface area contributed by atoms with Crippen molar-refractivity contribution >= 4 is 5.91 Å². The molecule has 1 aromatic carbocycles. The third-order valence-electron chi connectivity index (χ3n) is 4.81. The van der Waals surface area contributed by atoms with Gasteiger partial charge in [-0.2, -0.15) is 5.10 Å². The number of carbonyl (C=O) groups excluding carboxylic acids is 1. The van der Waals surface area contributed by atoms with Gasteiger partial charge < -0.3 is 4.90 Å². The Morgan fingerprint density at radius 2 is 2.18 bits per heavy atom. The molecule has 142 valence electrons. The fraction of sp³-hybridized carbons (Fsp3) is 0.238. The fourth-order valence-electron chi connectivity index (χ4n) is 3.46. The van der Waals surface area contributed by atoms with Gasteiger partial charge in [-0.15, -0.1) is 0 Å². The minimum Gasteiger partial charge on any atom is -0.333 e. The summed E-state index contributed by atoms with van der Waals surface area (Å²) < 4.78 is 15.3. The number of hydrogen-bond acceptors (Lipinski definition) is 4. The van der Waals surface area contributed by atoms with E-state index in [1.54, 1.807) is 15.6 Å². The van der Waals surface area contributed by atoms with E-state index < -0.39 is 0 Å². The number of hydrogen-bond donors (Lipinski definition) is 0. The van der Waals surface area contributed by atoms with E-state index in [2.05, 4.69) is 11.7 Å². The van der Waals surface area contributed by atoms with Crippen LogP contribution < -0.4 is 0 Å². The molecule has 1 aliphatic heterocycles. The molecule has 1 aliphatic rings. The lowest BCUT2D eigenvalue weighted by molar-refractivity contribution is -0.126. The first kappa shape index (κ1) is 18.0. The minimum atomic E-state index is -0.289. The van der Waals surface area contributed by atoms with Crippen molar-refractivity contribution in [2.24, 2.45) is 7.05 Å². The highest BCUT2D eigenvalue weighted by atomic mass is 19.1. The van der Waals surface area contributed by atoms with E-state index in [1.165, 1.54) is 18.2 Å². The van der Waals surface area contributed by atoms with Crippen LogP contribution in [-0.4, -0.2) is 37.1 Å². The summed E-state index contributed by atoms with van der Waals surface area (Å²) in [7, 11) is 1.86. The molecule has 0 unspecified atom stereocenters. The van der Waals surface area contributed by atoms with E-state index in [1.807, 2.05) is 25.4 Å². The maximum absolute atomic E-state index is 13.6. The maximum atomic E-state index is 13.6. The van der Waals surface area contributed by atoms with Gasteiger partial charge in [0.05, 0.1) is 17.9 Å². The van der Waals surface area contributed by atoms with Gasteiger partial charge in [-0.1, -0.05) is 18.7 Å². The number of halogens is 1. The van der Waals surface area contributed by atoms with Gasteiger partial charge in [0.25, 0.3) is 0 Å². The summed E-state index contributed by atoms with van der Waals surface area (Å²) in [6.45, 7) is 4.56. The second-order valence-corrected chi connectivity index (χ2v) is 6.81. The lowest BCUT2D eigenvalue weighted by atomic mass is 10.0. The zero-order valence-corrected chi connectivity index (χ0v) is 15.6. The second-order valence-electron chi connectivity index (χ2n) is 6.81. The van der Waals surface area contributed by atoms with Crippen molar-refractivity contribution in [2.75, 3.05) is 6.54 Å². The lowest BCUT2D eigenvalue weighted by Gasteiger charge is -2.28. The van der Waals surface area contributed by atoms with Crippen LogP contribution in [0.3, 0.4) is 0 Å². The predicted octanol–water partition coefficient (Wildman–Crippen LogP) is 2.68. The van der Waals surface area contributed by atoms with Crippen molar-refractivity contribution in [3.8, 4) is 11.4 Å². The molecule has 0 N–H and O–H groups in total. The number of fused-ring (bicyclic) bond motifs is 1. The van der Waals surface area contributed by atoms with Crippen molar-refractivity contribution < 1.29 is 9.18 Å². The molecule has 3 heterocycles. The number of benzene rings is 1. The number of aromatic nitrogens is 4. The van der Waals surface area contributed by atoms with Gasteiger partial charge in [-0.25, -0.2) is 14.4 Å². The topological polar surface area (TPSA) is 63.9 Å². The smallest absolute Gasteiger partial charge is 0.246 e. The van der Waals surface area contributed by atoms with E-state index in [9.17, 15) is 9.18 Å². The minimum absolute atomic E-state index is 0.115. The van der Waals surface area contributed by atoms with Gasteiger partial charge in [0.1, 0.15) is 17.3 Å². The zero-order chi connectivity index (χ0) is 19.7. The van der Waals surface area contributed by atoms with Crippen LogP contribution >= 0.6 is 0 Å². The van der Waals surface area contributed by atoms with Crippen LogP contribution in [0.4, 0.5) is 4.39 Å². The van der Waals surface area contributed by atoms with Gasteiger partial charge in [-0.05, 0) is 36.3 Å². The summed E-state index contributed by atoms with van der Waals surface area (Å²) in [6, 6.07) is 8.33. The number of nitrogens with zero attached hydrogens (tertiary/aromatic N) is 5. The van der Waals surface area contributed by atoms with Gasteiger partial charge >= 0.3 is 0 Å². The molecule has 0 fully saturated rings. The number of amides is 1. The molecular weight excluding hydrogens is 357 g/mol. The Hall–Kier alpha value is -3.35. The van der Waals surface area contributed by atoms with Crippen LogP contribution in [0, 0.1) is 5.82 Å². The molecule has 2 aromatic heterocycles. The van der Waals surface area contributed by atoms with Gasteiger partial charge in [0.2, 0.25) is 5.91 Å². The van der Waals surface area contributed by atoms with E-state index in [0.717, 1.165) is 28.2 Å². The van der Waals surface area contributed by atoms with Crippen LogP contribution in [0.25, 0.3) is 11.4 Å². The van der Waals surface area contributed by atoms with Crippen molar-refractivity contribution in [1.82, 2.24) is 24.6 Å². The van der Waals surface area contributed by atoms with E-state index >= 15 is 0 Å². The maximum Gasteiger partial charge on any atom is 0.246 e. The van der Waals surface area contributed by atoms with E-state index in [4.69, 9.17) is 9.97 Å².